The van der Waals surface area contributed by atoms with Crippen LogP contribution in [0.25, 0.3) is 0 Å². The number of methoxy groups -OCH3 is 2. The standard InChI is InChI=1S/C21H24FN3O4/c1-28-18-8-7-15(13-19(18)29-2)9-10-23-20(26)14-24-11-12-25(21(24)27)17-6-4-3-5-16(17)22/h3-8,13H,9-12,14H2,1-2H3,(H,23,26). The highest BCUT2D eigenvalue weighted by Gasteiger charge is 2.32. The molecule has 0 unspecified atom stereocenters. The number of hydrogen-bond donors (Lipinski definition) is 1. The van der Waals surface area contributed by atoms with E-state index in [9.17, 15) is 14.0 Å². The number of nitrogens with zero attached hydrogens (tertiary/aromatic N) is 2. The van der Waals surface area contributed by atoms with Gasteiger partial charge < -0.3 is 19.7 Å². The summed E-state index contributed by atoms with van der Waals surface area (Å²) in [5.41, 5.74) is 1.22. The highest BCUT2D eigenvalue weighted by Crippen LogP contribution is 2.27. The fourth-order valence-corrected chi connectivity index (χ4v) is 3.24. The first-order valence-electron chi connectivity index (χ1n) is 9.32. The summed E-state index contributed by atoms with van der Waals surface area (Å²) < 4.78 is 24.4. The molecule has 1 heterocycles. The molecule has 1 aliphatic rings. The molecular formula is C21H24FN3O4. The number of amides is 3. The van der Waals surface area contributed by atoms with Crippen LogP contribution in [0.1, 0.15) is 5.56 Å². The quantitative estimate of drug-likeness (QED) is 0.738. The molecule has 0 aliphatic carbocycles. The first-order valence-corrected chi connectivity index (χ1v) is 9.32. The second kappa shape index (κ2) is 9.27. The largest absolute Gasteiger partial charge is 0.493 e. The van der Waals surface area contributed by atoms with Gasteiger partial charge in [-0.25, -0.2) is 9.18 Å². The van der Waals surface area contributed by atoms with Gasteiger partial charge in [-0.05, 0) is 36.2 Å². The topological polar surface area (TPSA) is 71.1 Å². The van der Waals surface area contributed by atoms with Gasteiger partial charge in [0, 0.05) is 19.6 Å². The highest BCUT2D eigenvalue weighted by atomic mass is 19.1. The predicted octanol–water partition coefficient (Wildman–Crippen LogP) is 2.44. The molecule has 8 heteroatoms. The Morgan fingerprint density at radius 2 is 1.86 bits per heavy atom. The number of nitrogens with one attached hydrogen (secondary N) is 1. The van der Waals surface area contributed by atoms with Gasteiger partial charge in [-0.15, -0.1) is 0 Å². The van der Waals surface area contributed by atoms with Gasteiger partial charge in [-0.2, -0.15) is 0 Å². The third kappa shape index (κ3) is 4.77. The molecule has 7 nitrogen and oxygen atoms in total. The number of halogens is 1. The Bertz CT molecular complexity index is 890. The highest BCUT2D eigenvalue weighted by molar-refractivity contribution is 5.96. The molecule has 29 heavy (non-hydrogen) atoms. The van der Waals surface area contributed by atoms with Crippen LogP contribution >= 0.6 is 0 Å². The van der Waals surface area contributed by atoms with Gasteiger partial charge in [-0.3, -0.25) is 9.69 Å². The number of urea groups is 1. The number of rotatable bonds is 8. The van der Waals surface area contributed by atoms with E-state index in [1.165, 1.54) is 15.9 Å². The zero-order valence-corrected chi connectivity index (χ0v) is 16.5. The Hall–Kier alpha value is -3.29. The summed E-state index contributed by atoms with van der Waals surface area (Å²) in [6.45, 7) is 1.08. The number of ether oxygens (including phenoxy) is 2. The van der Waals surface area contributed by atoms with Gasteiger partial charge in [0.1, 0.15) is 12.4 Å². The Morgan fingerprint density at radius 1 is 1.10 bits per heavy atom. The molecule has 3 amide bonds. The molecule has 3 rings (SSSR count). The minimum Gasteiger partial charge on any atom is -0.493 e. The van der Waals surface area contributed by atoms with Gasteiger partial charge in [0.05, 0.1) is 19.9 Å². The summed E-state index contributed by atoms with van der Waals surface area (Å²) in [7, 11) is 3.14. The van der Waals surface area contributed by atoms with Crippen molar-refractivity contribution in [3.8, 4) is 11.5 Å². The third-order valence-electron chi connectivity index (χ3n) is 4.76. The molecule has 0 spiro atoms. The van der Waals surface area contributed by atoms with Crippen LogP contribution in [0.4, 0.5) is 14.9 Å². The lowest BCUT2D eigenvalue weighted by atomic mass is 10.1. The van der Waals surface area contributed by atoms with Crippen LogP contribution in [0, 0.1) is 5.82 Å². The number of carbonyl (C=O) groups is 2. The van der Waals surface area contributed by atoms with Gasteiger partial charge >= 0.3 is 6.03 Å². The minimum atomic E-state index is -0.456. The molecule has 1 fully saturated rings. The summed E-state index contributed by atoms with van der Waals surface area (Å²) in [6, 6.07) is 11.3. The van der Waals surface area contributed by atoms with Crippen molar-refractivity contribution in [3.63, 3.8) is 0 Å². The van der Waals surface area contributed by atoms with Crippen LogP contribution in [-0.4, -0.2) is 57.2 Å². The smallest absolute Gasteiger partial charge is 0.325 e. The van der Waals surface area contributed by atoms with Crippen LogP contribution in [0.3, 0.4) is 0 Å². The number of hydrogen-bond acceptors (Lipinski definition) is 4. The van der Waals surface area contributed by atoms with Crippen LogP contribution in [0.5, 0.6) is 11.5 Å². The molecule has 0 aromatic heterocycles. The lowest BCUT2D eigenvalue weighted by Gasteiger charge is -2.19. The van der Waals surface area contributed by atoms with E-state index < -0.39 is 5.82 Å². The molecule has 1 aliphatic heterocycles. The fraction of sp³-hybridized carbons (Fsp3) is 0.333. The normalized spacial score (nSPS) is 13.6. The van der Waals surface area contributed by atoms with Crippen molar-refractivity contribution in [3.05, 3.63) is 53.8 Å². The molecule has 0 radical (unpaired) electrons. The summed E-state index contributed by atoms with van der Waals surface area (Å²) in [5.74, 6) is 0.566. The summed E-state index contributed by atoms with van der Waals surface area (Å²) in [5, 5.41) is 2.81. The van der Waals surface area contributed by atoms with Crippen molar-refractivity contribution in [1.29, 1.82) is 0 Å². The predicted molar refractivity (Wildman–Crippen MR) is 107 cm³/mol. The monoisotopic (exact) mass is 401 g/mol. The van der Waals surface area contributed by atoms with Crippen molar-refractivity contribution in [2.75, 3.05) is 45.3 Å². The number of anilines is 1. The van der Waals surface area contributed by atoms with Crippen molar-refractivity contribution < 1.29 is 23.5 Å². The van der Waals surface area contributed by atoms with Crippen LogP contribution < -0.4 is 19.7 Å². The lowest BCUT2D eigenvalue weighted by Crippen LogP contribution is -2.40. The minimum absolute atomic E-state index is 0.0598. The van der Waals surface area contributed by atoms with E-state index in [-0.39, 0.29) is 24.2 Å². The maximum absolute atomic E-state index is 13.9. The summed E-state index contributed by atoms with van der Waals surface area (Å²) in [6.07, 6.45) is 0.612. The van der Waals surface area contributed by atoms with Crippen molar-refractivity contribution in [1.82, 2.24) is 10.2 Å². The van der Waals surface area contributed by atoms with E-state index in [1.807, 2.05) is 18.2 Å². The SMILES string of the molecule is COc1ccc(CCNC(=O)CN2CCN(c3ccccc3F)C2=O)cc1OC. The third-order valence-corrected chi connectivity index (χ3v) is 4.76. The van der Waals surface area contributed by atoms with E-state index in [0.717, 1.165) is 5.56 Å². The molecule has 154 valence electrons. The van der Waals surface area contributed by atoms with Gasteiger partial charge in [0.25, 0.3) is 0 Å². The molecule has 0 atom stereocenters. The van der Waals surface area contributed by atoms with Crippen molar-refractivity contribution in [2.24, 2.45) is 0 Å². The summed E-state index contributed by atoms with van der Waals surface area (Å²) in [4.78, 5) is 27.5. The van der Waals surface area contributed by atoms with Gasteiger partial charge in [0.2, 0.25) is 5.91 Å². The Balaban J connectivity index is 1.49. The first-order chi connectivity index (χ1) is 14.0. The van der Waals surface area contributed by atoms with E-state index in [0.29, 0.717) is 37.6 Å². The molecule has 2 aromatic carbocycles. The van der Waals surface area contributed by atoms with Gasteiger partial charge in [0.15, 0.2) is 11.5 Å². The molecular weight excluding hydrogens is 377 g/mol. The average molecular weight is 401 g/mol. The maximum atomic E-state index is 13.9. The fourth-order valence-electron chi connectivity index (χ4n) is 3.24. The van der Waals surface area contributed by atoms with Crippen LogP contribution in [-0.2, 0) is 11.2 Å². The molecule has 2 aromatic rings. The Morgan fingerprint density at radius 3 is 2.59 bits per heavy atom. The summed E-state index contributed by atoms with van der Waals surface area (Å²) >= 11 is 0. The maximum Gasteiger partial charge on any atom is 0.325 e. The Labute approximate surface area is 169 Å². The van der Waals surface area contributed by atoms with Crippen molar-refractivity contribution in [2.45, 2.75) is 6.42 Å². The van der Waals surface area contributed by atoms with E-state index in [2.05, 4.69) is 5.32 Å². The van der Waals surface area contributed by atoms with E-state index >= 15 is 0 Å². The molecule has 0 bridgehead atoms. The van der Waals surface area contributed by atoms with Crippen LogP contribution in [0.15, 0.2) is 42.5 Å². The van der Waals surface area contributed by atoms with Crippen molar-refractivity contribution >= 4 is 17.6 Å². The zero-order chi connectivity index (χ0) is 20.8. The number of para-hydroxylation sites is 1. The number of benzene rings is 2. The van der Waals surface area contributed by atoms with Gasteiger partial charge in [-0.1, -0.05) is 18.2 Å². The lowest BCUT2D eigenvalue weighted by molar-refractivity contribution is -0.121. The van der Waals surface area contributed by atoms with E-state index in [1.54, 1.807) is 32.4 Å². The number of carbonyl (C=O) groups excluding carboxylic acids is 2. The zero-order valence-electron chi connectivity index (χ0n) is 16.5. The second-order valence-corrected chi connectivity index (χ2v) is 6.60. The molecule has 1 saturated heterocycles. The second-order valence-electron chi connectivity index (χ2n) is 6.60. The average Bonchev–Trinajstić information content (AvgIpc) is 3.08. The van der Waals surface area contributed by atoms with Crippen LogP contribution in [0.2, 0.25) is 0 Å². The molecule has 1 N–H and O–H groups in total. The van der Waals surface area contributed by atoms with E-state index in [4.69, 9.17) is 9.47 Å². The Kier molecular flexibility index (Phi) is 6.54. The molecule has 0 saturated carbocycles. The first kappa shape index (κ1) is 20.4.